The van der Waals surface area contributed by atoms with Crippen LogP contribution in [0.4, 0.5) is 10.1 Å². The van der Waals surface area contributed by atoms with E-state index >= 15 is 0 Å². The number of hydrogen-bond donors (Lipinski definition) is 4. The second-order valence-corrected chi connectivity index (χ2v) is 4.89. The van der Waals surface area contributed by atoms with Crippen LogP contribution in [-0.2, 0) is 0 Å². The number of rotatable bonds is 8. The number of benzene rings is 1. The third-order valence-corrected chi connectivity index (χ3v) is 3.14. The Balaban J connectivity index is 2.82. The summed E-state index contributed by atoms with van der Waals surface area (Å²) in [5.74, 6) is -0.661. The van der Waals surface area contributed by atoms with Crippen LogP contribution in [0.15, 0.2) is 42.3 Å². The van der Waals surface area contributed by atoms with Crippen molar-refractivity contribution in [3.05, 3.63) is 53.4 Å². The maximum Gasteiger partial charge on any atom is 0.251 e. The first-order valence-electron chi connectivity index (χ1n) is 7.34. The normalized spacial score (nSPS) is 11.7. The number of aliphatic hydroxyl groups is 1. The van der Waals surface area contributed by atoms with E-state index in [0.29, 0.717) is 29.8 Å². The molecule has 5 N–H and O–H groups in total. The molecule has 0 spiro atoms. The fourth-order valence-electron chi connectivity index (χ4n) is 1.84. The van der Waals surface area contributed by atoms with Crippen LogP contribution in [-0.4, -0.2) is 29.9 Å². The molecule has 1 amide bonds. The number of carbonyl (C=O) groups excluding carboxylic acids is 1. The zero-order valence-electron chi connectivity index (χ0n) is 13.1. The van der Waals surface area contributed by atoms with Gasteiger partial charge in [-0.3, -0.25) is 4.79 Å². The highest BCUT2D eigenvalue weighted by molar-refractivity contribution is 6.06. The summed E-state index contributed by atoms with van der Waals surface area (Å²) in [6.07, 6.45) is 4.83. The molecule has 23 heavy (non-hydrogen) atoms. The van der Waals surface area contributed by atoms with Crippen LogP contribution in [0.1, 0.15) is 35.7 Å². The number of amides is 1. The Bertz CT molecular complexity index is 624. The number of allylic oxidation sites excluding steroid dienone is 4. The van der Waals surface area contributed by atoms with E-state index in [1.165, 1.54) is 18.2 Å². The highest BCUT2D eigenvalue weighted by Crippen LogP contribution is 2.17. The van der Waals surface area contributed by atoms with Gasteiger partial charge in [-0.05, 0) is 37.6 Å². The maximum atomic E-state index is 13.0. The van der Waals surface area contributed by atoms with Gasteiger partial charge in [0.05, 0.1) is 0 Å². The number of nitrogen functional groups attached to an aromatic ring is 1. The zero-order chi connectivity index (χ0) is 17.2. The minimum absolute atomic E-state index is 0.00696. The second kappa shape index (κ2) is 9.53. The lowest BCUT2D eigenvalue weighted by molar-refractivity contribution is 0.0951. The molecule has 0 radical (unpaired) electrons. The van der Waals surface area contributed by atoms with Crippen molar-refractivity contribution in [2.75, 3.05) is 18.9 Å². The van der Waals surface area contributed by atoms with E-state index < -0.39 is 0 Å². The Morgan fingerprint density at radius 1 is 1.48 bits per heavy atom. The molecule has 0 atom stereocenters. The molecule has 0 saturated heterocycles. The fourth-order valence-corrected chi connectivity index (χ4v) is 1.84. The largest absolute Gasteiger partial charge is 0.398 e. The van der Waals surface area contributed by atoms with Gasteiger partial charge in [-0.25, -0.2) is 4.39 Å². The fraction of sp³-hybridized carbons (Fsp3) is 0.294. The van der Waals surface area contributed by atoms with Crippen LogP contribution in [0.3, 0.4) is 0 Å². The van der Waals surface area contributed by atoms with Crippen molar-refractivity contribution in [1.82, 2.24) is 5.32 Å². The summed E-state index contributed by atoms with van der Waals surface area (Å²) in [5, 5.41) is 19.4. The highest BCUT2D eigenvalue weighted by Gasteiger charge is 2.10. The van der Waals surface area contributed by atoms with E-state index in [2.05, 4.69) is 5.32 Å². The van der Waals surface area contributed by atoms with Gasteiger partial charge in [-0.2, -0.15) is 0 Å². The Morgan fingerprint density at radius 3 is 2.87 bits per heavy atom. The van der Waals surface area contributed by atoms with Crippen molar-refractivity contribution in [1.29, 1.82) is 5.41 Å². The minimum atomic E-state index is -0.372. The summed E-state index contributed by atoms with van der Waals surface area (Å²) in [6.45, 7) is 1.97. The molecule has 0 aliphatic rings. The Hall–Kier alpha value is -2.47. The van der Waals surface area contributed by atoms with Crippen molar-refractivity contribution < 1.29 is 14.3 Å². The van der Waals surface area contributed by atoms with Gasteiger partial charge in [0.1, 0.15) is 5.83 Å². The van der Waals surface area contributed by atoms with Gasteiger partial charge in [0.25, 0.3) is 5.91 Å². The predicted molar refractivity (Wildman–Crippen MR) is 90.3 cm³/mol. The third kappa shape index (κ3) is 6.04. The van der Waals surface area contributed by atoms with Crippen LogP contribution in [0, 0.1) is 5.41 Å². The van der Waals surface area contributed by atoms with Gasteiger partial charge in [0, 0.05) is 42.1 Å². The van der Waals surface area contributed by atoms with Gasteiger partial charge >= 0.3 is 0 Å². The average molecular weight is 319 g/mol. The molecule has 0 saturated carbocycles. The van der Waals surface area contributed by atoms with Gasteiger partial charge in [0.15, 0.2) is 0 Å². The van der Waals surface area contributed by atoms with Crippen LogP contribution in [0.25, 0.3) is 0 Å². The molecule has 5 nitrogen and oxygen atoms in total. The Labute approximate surface area is 135 Å². The van der Waals surface area contributed by atoms with E-state index in [4.69, 9.17) is 16.2 Å². The van der Waals surface area contributed by atoms with Crippen LogP contribution < -0.4 is 11.1 Å². The summed E-state index contributed by atoms with van der Waals surface area (Å²) in [6, 6.07) is 4.70. The lowest BCUT2D eigenvalue weighted by atomic mass is 10.0. The van der Waals surface area contributed by atoms with E-state index in [0.717, 1.165) is 0 Å². The Kier molecular flexibility index (Phi) is 7.70. The molecule has 0 aliphatic carbocycles. The van der Waals surface area contributed by atoms with Crippen molar-refractivity contribution in [2.24, 2.45) is 0 Å². The third-order valence-electron chi connectivity index (χ3n) is 3.14. The minimum Gasteiger partial charge on any atom is -0.398 e. The highest BCUT2D eigenvalue weighted by atomic mass is 19.1. The Morgan fingerprint density at radius 2 is 2.22 bits per heavy atom. The lowest BCUT2D eigenvalue weighted by Gasteiger charge is -2.09. The number of anilines is 1. The van der Waals surface area contributed by atoms with Crippen molar-refractivity contribution >= 4 is 17.3 Å². The first kappa shape index (κ1) is 18.6. The van der Waals surface area contributed by atoms with E-state index in [1.807, 2.05) is 0 Å². The first-order valence-corrected chi connectivity index (χ1v) is 7.34. The molecule has 1 rings (SSSR count). The van der Waals surface area contributed by atoms with E-state index in [-0.39, 0.29) is 30.5 Å². The number of nitrogens with two attached hydrogens (primary N) is 1. The average Bonchev–Trinajstić information content (AvgIpc) is 2.54. The zero-order valence-corrected chi connectivity index (χ0v) is 13.1. The van der Waals surface area contributed by atoms with E-state index in [1.54, 1.807) is 25.1 Å². The number of carbonyl (C=O) groups is 1. The number of nitrogens with one attached hydrogen (secondary N) is 2. The maximum absolute atomic E-state index is 13.0. The lowest BCUT2D eigenvalue weighted by Crippen LogP contribution is -2.25. The molecule has 0 aliphatic heterocycles. The SMILES string of the molecule is C/C=C(F)\C=C/CC(=N)c1cc(C(=O)NCCCO)ccc1N. The van der Waals surface area contributed by atoms with Crippen molar-refractivity contribution in [3.8, 4) is 0 Å². The molecular formula is C17H22FN3O2. The number of aliphatic hydroxyl groups excluding tert-OH is 1. The topological polar surface area (TPSA) is 99.2 Å². The molecule has 6 heteroatoms. The first-order chi connectivity index (χ1) is 11.0. The molecule has 1 aromatic rings. The summed E-state index contributed by atoms with van der Waals surface area (Å²) in [5.41, 5.74) is 7.29. The summed E-state index contributed by atoms with van der Waals surface area (Å²) >= 11 is 0. The van der Waals surface area contributed by atoms with Gasteiger partial charge in [0.2, 0.25) is 0 Å². The number of halogens is 1. The van der Waals surface area contributed by atoms with Gasteiger partial charge in [-0.1, -0.05) is 12.2 Å². The van der Waals surface area contributed by atoms with Gasteiger partial charge < -0.3 is 21.6 Å². The summed E-state index contributed by atoms with van der Waals surface area (Å²) in [4.78, 5) is 12.0. The van der Waals surface area contributed by atoms with Crippen molar-refractivity contribution in [2.45, 2.75) is 19.8 Å². The smallest absolute Gasteiger partial charge is 0.251 e. The predicted octanol–water partition coefficient (Wildman–Crippen LogP) is 2.57. The van der Waals surface area contributed by atoms with Gasteiger partial charge in [-0.15, -0.1) is 0 Å². The molecular weight excluding hydrogens is 297 g/mol. The second-order valence-electron chi connectivity index (χ2n) is 4.89. The van der Waals surface area contributed by atoms with Crippen LogP contribution in [0.5, 0.6) is 0 Å². The molecule has 0 aromatic heterocycles. The van der Waals surface area contributed by atoms with Crippen LogP contribution in [0.2, 0.25) is 0 Å². The molecule has 0 bridgehead atoms. The summed E-state index contributed by atoms with van der Waals surface area (Å²) in [7, 11) is 0. The van der Waals surface area contributed by atoms with Crippen molar-refractivity contribution in [3.63, 3.8) is 0 Å². The molecule has 1 aromatic carbocycles. The number of hydrogen-bond acceptors (Lipinski definition) is 4. The standard InChI is InChI=1S/C17H22FN3O2/c1-2-13(18)5-3-6-15(19)14-11-12(7-8-16(14)20)17(23)21-9-4-10-22/h2-3,5,7-8,11,19,22H,4,6,9-10,20H2,1H3,(H,21,23)/b5-3-,13-2+,19-15?. The molecule has 0 heterocycles. The monoisotopic (exact) mass is 319 g/mol. The quantitative estimate of drug-likeness (QED) is 0.256. The summed E-state index contributed by atoms with van der Waals surface area (Å²) < 4.78 is 13.0. The molecule has 0 unspecified atom stereocenters. The van der Waals surface area contributed by atoms with E-state index in [9.17, 15) is 9.18 Å². The molecule has 124 valence electrons. The molecule has 0 fully saturated rings. The van der Waals surface area contributed by atoms with Crippen LogP contribution >= 0.6 is 0 Å².